The molecule has 0 saturated carbocycles. The topological polar surface area (TPSA) is 61.8 Å². The van der Waals surface area contributed by atoms with Gasteiger partial charge in [0.05, 0.1) is 18.2 Å². The summed E-state index contributed by atoms with van der Waals surface area (Å²) in [6.07, 6.45) is 2.24. The highest BCUT2D eigenvalue weighted by Crippen LogP contribution is 2.11. The summed E-state index contributed by atoms with van der Waals surface area (Å²) in [5, 5.41) is 12.6. The molecule has 2 N–H and O–H groups in total. The molecule has 1 aliphatic heterocycles. The highest BCUT2D eigenvalue weighted by atomic mass is 16.5. The number of carbonyl (C=O) groups is 1. The van der Waals surface area contributed by atoms with Gasteiger partial charge in [-0.05, 0) is 33.6 Å². The second-order valence-corrected chi connectivity index (χ2v) is 5.15. The van der Waals surface area contributed by atoms with Crippen molar-refractivity contribution in [2.45, 2.75) is 45.3 Å². The highest BCUT2D eigenvalue weighted by Gasteiger charge is 2.22. The van der Waals surface area contributed by atoms with Crippen molar-refractivity contribution < 1.29 is 14.6 Å². The van der Waals surface area contributed by atoms with Crippen LogP contribution < -0.4 is 5.32 Å². The maximum Gasteiger partial charge on any atom is 0.317 e. The fraction of sp³-hybridized carbons (Fsp3) is 0.917. The maximum atomic E-state index is 11.9. The van der Waals surface area contributed by atoms with Crippen molar-refractivity contribution >= 4 is 6.03 Å². The Morgan fingerprint density at radius 2 is 2.29 bits per heavy atom. The molecule has 2 amide bonds. The number of aliphatic hydroxyl groups is 1. The van der Waals surface area contributed by atoms with Crippen LogP contribution in [0.3, 0.4) is 0 Å². The third-order valence-corrected chi connectivity index (χ3v) is 2.75. The lowest BCUT2D eigenvalue weighted by molar-refractivity contribution is 0.0469. The molecule has 0 aromatic heterocycles. The largest absolute Gasteiger partial charge is 0.389 e. The predicted octanol–water partition coefficient (Wildman–Crippen LogP) is 0.968. The van der Waals surface area contributed by atoms with Gasteiger partial charge in [-0.3, -0.25) is 0 Å². The number of ether oxygens (including phenoxy) is 1. The average molecular weight is 244 g/mol. The van der Waals surface area contributed by atoms with E-state index in [0.29, 0.717) is 19.6 Å². The molecule has 1 aliphatic rings. The lowest BCUT2D eigenvalue weighted by Gasteiger charge is -2.28. The number of rotatable bonds is 5. The van der Waals surface area contributed by atoms with Crippen molar-refractivity contribution in [2.75, 3.05) is 26.2 Å². The molecule has 0 aliphatic carbocycles. The smallest absolute Gasteiger partial charge is 0.317 e. The number of nitrogens with one attached hydrogen (secondary N) is 1. The third kappa shape index (κ3) is 5.37. The number of nitrogens with zero attached hydrogens (tertiary/aromatic N) is 1. The minimum absolute atomic E-state index is 0.134. The van der Waals surface area contributed by atoms with Crippen LogP contribution in [0.2, 0.25) is 0 Å². The molecule has 1 heterocycles. The number of hydrogen-bond acceptors (Lipinski definition) is 3. The van der Waals surface area contributed by atoms with Crippen molar-refractivity contribution in [3.63, 3.8) is 0 Å². The summed E-state index contributed by atoms with van der Waals surface area (Å²) in [7, 11) is 0. The molecule has 1 saturated heterocycles. The van der Waals surface area contributed by atoms with Crippen molar-refractivity contribution in [3.8, 4) is 0 Å². The van der Waals surface area contributed by atoms with Gasteiger partial charge >= 0.3 is 6.03 Å². The molecule has 17 heavy (non-hydrogen) atoms. The Labute approximate surface area is 103 Å². The fourth-order valence-corrected chi connectivity index (χ4v) is 1.91. The summed E-state index contributed by atoms with van der Waals surface area (Å²) in [5.74, 6) is 0. The van der Waals surface area contributed by atoms with E-state index in [1.807, 2.05) is 6.92 Å². The Bertz CT molecular complexity index is 245. The number of hydrogen-bond donors (Lipinski definition) is 2. The molecule has 5 nitrogen and oxygen atoms in total. The molecule has 0 aromatic carbocycles. The van der Waals surface area contributed by atoms with E-state index in [-0.39, 0.29) is 12.1 Å². The maximum absolute atomic E-state index is 11.9. The second kappa shape index (κ2) is 6.21. The van der Waals surface area contributed by atoms with Crippen molar-refractivity contribution in [1.82, 2.24) is 10.2 Å². The van der Waals surface area contributed by atoms with Gasteiger partial charge in [-0.2, -0.15) is 0 Å². The molecule has 1 atom stereocenters. The zero-order chi connectivity index (χ0) is 12.9. The summed E-state index contributed by atoms with van der Waals surface area (Å²) in [6, 6.07) is -0.134. The van der Waals surface area contributed by atoms with Gasteiger partial charge in [0.1, 0.15) is 0 Å². The van der Waals surface area contributed by atoms with Crippen LogP contribution in [0.4, 0.5) is 4.79 Å². The zero-order valence-corrected chi connectivity index (χ0v) is 11.0. The van der Waals surface area contributed by atoms with E-state index in [1.54, 1.807) is 18.7 Å². The standard InChI is InChI=1S/C12H24N2O3/c1-4-14(9-12(2,3)16)11(15)13-8-10-6-5-7-17-10/h10,16H,4-9H2,1-3H3,(H,13,15). The van der Waals surface area contributed by atoms with E-state index >= 15 is 0 Å². The summed E-state index contributed by atoms with van der Waals surface area (Å²) in [5.41, 5.74) is -0.864. The first-order valence-electron chi connectivity index (χ1n) is 6.29. The van der Waals surface area contributed by atoms with E-state index in [2.05, 4.69) is 5.32 Å². The van der Waals surface area contributed by atoms with Crippen LogP contribution in [0.5, 0.6) is 0 Å². The van der Waals surface area contributed by atoms with Crippen LogP contribution in [0.1, 0.15) is 33.6 Å². The lowest BCUT2D eigenvalue weighted by Crippen LogP contribution is -2.48. The van der Waals surface area contributed by atoms with Crippen molar-refractivity contribution in [1.29, 1.82) is 0 Å². The van der Waals surface area contributed by atoms with Crippen LogP contribution >= 0.6 is 0 Å². The second-order valence-electron chi connectivity index (χ2n) is 5.15. The number of urea groups is 1. The minimum atomic E-state index is -0.864. The zero-order valence-electron chi connectivity index (χ0n) is 11.0. The van der Waals surface area contributed by atoms with E-state index in [0.717, 1.165) is 19.4 Å². The molecule has 1 fully saturated rings. The monoisotopic (exact) mass is 244 g/mol. The van der Waals surface area contributed by atoms with Gasteiger partial charge in [0.25, 0.3) is 0 Å². The van der Waals surface area contributed by atoms with Gasteiger partial charge in [0, 0.05) is 19.7 Å². The Kier molecular flexibility index (Phi) is 5.21. The molecule has 0 radical (unpaired) electrons. The normalized spacial score (nSPS) is 20.4. The summed E-state index contributed by atoms with van der Waals surface area (Å²) in [6.45, 7) is 7.56. The lowest BCUT2D eigenvalue weighted by atomic mass is 10.1. The SMILES string of the molecule is CCN(CC(C)(C)O)C(=O)NCC1CCCO1. The Morgan fingerprint density at radius 1 is 1.59 bits per heavy atom. The number of amides is 2. The van der Waals surface area contributed by atoms with Crippen LogP contribution in [-0.2, 0) is 4.74 Å². The van der Waals surface area contributed by atoms with Crippen LogP contribution in [0.15, 0.2) is 0 Å². The number of carbonyl (C=O) groups excluding carboxylic acids is 1. The van der Waals surface area contributed by atoms with E-state index in [9.17, 15) is 9.90 Å². The van der Waals surface area contributed by atoms with E-state index in [4.69, 9.17) is 4.74 Å². The van der Waals surface area contributed by atoms with Gasteiger partial charge in [-0.1, -0.05) is 0 Å². The first-order valence-corrected chi connectivity index (χ1v) is 6.29. The first kappa shape index (κ1) is 14.3. The molecular formula is C12H24N2O3. The van der Waals surface area contributed by atoms with Crippen molar-refractivity contribution in [3.05, 3.63) is 0 Å². The molecule has 0 aromatic rings. The Morgan fingerprint density at radius 3 is 2.76 bits per heavy atom. The Hall–Kier alpha value is -0.810. The van der Waals surface area contributed by atoms with Crippen LogP contribution in [0, 0.1) is 0 Å². The molecule has 1 rings (SSSR count). The summed E-state index contributed by atoms with van der Waals surface area (Å²) < 4.78 is 5.44. The summed E-state index contributed by atoms with van der Waals surface area (Å²) in [4.78, 5) is 13.5. The van der Waals surface area contributed by atoms with Crippen molar-refractivity contribution in [2.24, 2.45) is 0 Å². The van der Waals surface area contributed by atoms with Gasteiger partial charge in [0.15, 0.2) is 0 Å². The third-order valence-electron chi connectivity index (χ3n) is 2.75. The highest BCUT2D eigenvalue weighted by molar-refractivity contribution is 5.74. The van der Waals surface area contributed by atoms with E-state index < -0.39 is 5.60 Å². The van der Waals surface area contributed by atoms with Gasteiger partial charge in [-0.15, -0.1) is 0 Å². The summed E-state index contributed by atoms with van der Waals surface area (Å²) >= 11 is 0. The first-order chi connectivity index (χ1) is 7.92. The fourth-order valence-electron chi connectivity index (χ4n) is 1.91. The molecule has 5 heteroatoms. The van der Waals surface area contributed by atoms with E-state index in [1.165, 1.54) is 0 Å². The van der Waals surface area contributed by atoms with Gasteiger partial charge < -0.3 is 20.1 Å². The predicted molar refractivity (Wildman–Crippen MR) is 65.9 cm³/mol. The Balaban J connectivity index is 2.32. The average Bonchev–Trinajstić information content (AvgIpc) is 2.74. The number of likely N-dealkylation sites (N-methyl/N-ethyl adjacent to an activating group) is 1. The van der Waals surface area contributed by atoms with Gasteiger partial charge in [-0.25, -0.2) is 4.79 Å². The van der Waals surface area contributed by atoms with Gasteiger partial charge in [0.2, 0.25) is 0 Å². The molecule has 0 bridgehead atoms. The quantitative estimate of drug-likeness (QED) is 0.757. The molecule has 1 unspecified atom stereocenters. The van der Waals surface area contributed by atoms with Crippen LogP contribution in [0.25, 0.3) is 0 Å². The molecule has 0 spiro atoms. The molecule has 100 valence electrons. The van der Waals surface area contributed by atoms with Crippen LogP contribution in [-0.4, -0.2) is 54.0 Å². The minimum Gasteiger partial charge on any atom is -0.389 e. The molecular weight excluding hydrogens is 220 g/mol.